The minimum absolute atomic E-state index is 0.278. The zero-order valence-electron chi connectivity index (χ0n) is 5.50. The number of hydrogen-bond acceptors (Lipinski definition) is 3. The highest BCUT2D eigenvalue weighted by Crippen LogP contribution is 1.76. The molecular weight excluding hydrogens is 118 g/mol. The third-order valence-electron chi connectivity index (χ3n) is 0.653. The monoisotopic (exact) mass is 127 g/mol. The smallest absolute Gasteiger partial charge is 0.219 e. The molecule has 3 nitrogen and oxygen atoms in total. The summed E-state index contributed by atoms with van der Waals surface area (Å²) in [5.41, 5.74) is 0. The van der Waals surface area contributed by atoms with Gasteiger partial charge in [-0.1, -0.05) is 0 Å². The molecule has 0 aliphatic rings. The molecule has 0 aliphatic carbocycles. The van der Waals surface area contributed by atoms with Crippen molar-refractivity contribution in [2.24, 2.45) is 0 Å². The van der Waals surface area contributed by atoms with Crippen LogP contribution in [0.3, 0.4) is 0 Å². The van der Waals surface area contributed by atoms with E-state index < -0.39 is 5.78 Å². The lowest BCUT2D eigenvalue weighted by Gasteiger charge is -2.00. The maximum Gasteiger partial charge on any atom is 0.219 e. The van der Waals surface area contributed by atoms with Crippen molar-refractivity contribution in [1.82, 2.24) is 4.90 Å². The fourth-order valence-corrected chi connectivity index (χ4v) is 0.262. The summed E-state index contributed by atoms with van der Waals surface area (Å²) < 4.78 is 0. The van der Waals surface area contributed by atoms with Gasteiger partial charge in [-0.2, -0.15) is 0 Å². The molecule has 0 aromatic carbocycles. The Labute approximate surface area is 54.0 Å². The van der Waals surface area contributed by atoms with Gasteiger partial charge in [0.15, 0.2) is 6.29 Å². The van der Waals surface area contributed by atoms with Crippen LogP contribution in [-0.2, 0) is 9.59 Å². The van der Waals surface area contributed by atoms with Gasteiger partial charge < -0.3 is 4.90 Å². The molecule has 0 spiro atoms. The predicted molar refractivity (Wildman–Crippen MR) is 33.9 cm³/mol. The molecule has 0 saturated heterocycles. The second kappa shape index (κ2) is 3.83. The number of ketones is 1. The van der Waals surface area contributed by atoms with E-state index in [9.17, 15) is 9.59 Å². The standard InChI is InChI=1S/C6H9NO2/c1-7(2)4-3-6(9)5-8/h3-5H,1-2H3. The zero-order chi connectivity index (χ0) is 7.28. The summed E-state index contributed by atoms with van der Waals surface area (Å²) in [6.07, 6.45) is 3.02. The van der Waals surface area contributed by atoms with Crippen LogP contribution >= 0.6 is 0 Å². The van der Waals surface area contributed by atoms with Crippen LogP contribution in [0.5, 0.6) is 0 Å². The SMILES string of the molecule is CN(C)C=CC(=O)C=O. The number of nitrogens with zero attached hydrogens (tertiary/aromatic N) is 1. The van der Waals surface area contributed by atoms with E-state index in [1.54, 1.807) is 19.0 Å². The lowest BCUT2D eigenvalue weighted by atomic mass is 10.4. The van der Waals surface area contributed by atoms with Crippen molar-refractivity contribution in [2.45, 2.75) is 0 Å². The van der Waals surface area contributed by atoms with Gasteiger partial charge in [-0.15, -0.1) is 0 Å². The van der Waals surface area contributed by atoms with E-state index >= 15 is 0 Å². The van der Waals surface area contributed by atoms with E-state index in [1.165, 1.54) is 12.3 Å². The van der Waals surface area contributed by atoms with Crippen LogP contribution in [0.25, 0.3) is 0 Å². The Bertz CT molecular complexity index is 138. The summed E-state index contributed by atoms with van der Waals surface area (Å²) in [6, 6.07) is 0. The molecule has 0 heterocycles. The highest BCUT2D eigenvalue weighted by molar-refractivity contribution is 6.30. The molecule has 0 atom stereocenters. The van der Waals surface area contributed by atoms with Crippen LogP contribution < -0.4 is 0 Å². The Morgan fingerprint density at radius 3 is 2.33 bits per heavy atom. The first-order chi connectivity index (χ1) is 4.16. The van der Waals surface area contributed by atoms with Crippen LogP contribution in [0, 0.1) is 0 Å². The minimum atomic E-state index is -0.510. The summed E-state index contributed by atoms with van der Waals surface area (Å²) >= 11 is 0. The fourth-order valence-electron chi connectivity index (χ4n) is 0.262. The van der Waals surface area contributed by atoms with Gasteiger partial charge in [-0.05, 0) is 0 Å². The van der Waals surface area contributed by atoms with Crippen LogP contribution in [0.15, 0.2) is 12.3 Å². The lowest BCUT2D eigenvalue weighted by Crippen LogP contribution is -2.02. The molecule has 0 bridgehead atoms. The average molecular weight is 127 g/mol. The van der Waals surface area contributed by atoms with E-state index in [0.29, 0.717) is 0 Å². The summed E-state index contributed by atoms with van der Waals surface area (Å²) in [6.45, 7) is 0. The first kappa shape index (κ1) is 7.88. The number of carbonyl (C=O) groups is 2. The van der Waals surface area contributed by atoms with Crippen LogP contribution in [0.4, 0.5) is 0 Å². The third-order valence-corrected chi connectivity index (χ3v) is 0.653. The number of rotatable bonds is 3. The number of hydrogen-bond donors (Lipinski definition) is 0. The number of aldehydes is 1. The predicted octanol–water partition coefficient (Wildman–Crippen LogP) is -0.170. The van der Waals surface area contributed by atoms with E-state index in [-0.39, 0.29) is 6.29 Å². The van der Waals surface area contributed by atoms with Gasteiger partial charge >= 0.3 is 0 Å². The van der Waals surface area contributed by atoms with Gasteiger partial charge in [0.1, 0.15) is 0 Å². The summed E-state index contributed by atoms with van der Waals surface area (Å²) in [5, 5.41) is 0. The summed E-state index contributed by atoms with van der Waals surface area (Å²) in [7, 11) is 3.54. The second-order valence-corrected chi connectivity index (χ2v) is 1.80. The van der Waals surface area contributed by atoms with Crippen molar-refractivity contribution in [1.29, 1.82) is 0 Å². The maximum absolute atomic E-state index is 10.2. The molecule has 0 saturated carbocycles. The molecular formula is C6H9NO2. The van der Waals surface area contributed by atoms with Crippen LogP contribution in [0.2, 0.25) is 0 Å². The molecule has 0 radical (unpaired) electrons. The van der Waals surface area contributed by atoms with Gasteiger partial charge in [-0.25, -0.2) is 0 Å². The molecule has 0 aromatic rings. The zero-order valence-corrected chi connectivity index (χ0v) is 5.50. The van der Waals surface area contributed by atoms with Crippen molar-refractivity contribution < 1.29 is 9.59 Å². The highest BCUT2D eigenvalue weighted by atomic mass is 16.2. The van der Waals surface area contributed by atoms with Crippen molar-refractivity contribution in [3.05, 3.63) is 12.3 Å². The highest BCUT2D eigenvalue weighted by Gasteiger charge is 1.87. The van der Waals surface area contributed by atoms with Crippen LogP contribution in [-0.4, -0.2) is 31.1 Å². The Balaban J connectivity index is 3.70. The molecule has 0 fully saturated rings. The topological polar surface area (TPSA) is 37.4 Å². The van der Waals surface area contributed by atoms with E-state index in [0.717, 1.165) is 0 Å². The lowest BCUT2D eigenvalue weighted by molar-refractivity contribution is -0.126. The maximum atomic E-state index is 10.2. The Morgan fingerprint density at radius 1 is 1.44 bits per heavy atom. The molecule has 9 heavy (non-hydrogen) atoms. The molecule has 0 aliphatic heterocycles. The summed E-state index contributed by atoms with van der Waals surface area (Å²) in [5.74, 6) is -0.510. The van der Waals surface area contributed by atoms with E-state index in [1.807, 2.05) is 0 Å². The Hall–Kier alpha value is -1.12. The number of allylic oxidation sites excluding steroid dienone is 1. The van der Waals surface area contributed by atoms with E-state index in [4.69, 9.17) is 0 Å². The average Bonchev–Trinajstić information content (AvgIpc) is 1.83. The molecule has 50 valence electrons. The normalized spacial score (nSPS) is 9.56. The van der Waals surface area contributed by atoms with E-state index in [2.05, 4.69) is 0 Å². The molecule has 0 N–H and O–H groups in total. The van der Waals surface area contributed by atoms with Crippen molar-refractivity contribution in [3.8, 4) is 0 Å². The largest absolute Gasteiger partial charge is 0.383 e. The molecule has 0 unspecified atom stereocenters. The van der Waals surface area contributed by atoms with Gasteiger partial charge in [0.25, 0.3) is 0 Å². The second-order valence-electron chi connectivity index (χ2n) is 1.80. The quantitative estimate of drug-likeness (QED) is 0.300. The van der Waals surface area contributed by atoms with Gasteiger partial charge in [-0.3, -0.25) is 9.59 Å². The Kier molecular flexibility index (Phi) is 3.35. The first-order valence-corrected chi connectivity index (χ1v) is 2.50. The summed E-state index contributed by atoms with van der Waals surface area (Å²) in [4.78, 5) is 21.6. The Morgan fingerprint density at radius 2 is 2.00 bits per heavy atom. The fraction of sp³-hybridized carbons (Fsp3) is 0.333. The minimum Gasteiger partial charge on any atom is -0.383 e. The van der Waals surface area contributed by atoms with Crippen molar-refractivity contribution >= 4 is 12.1 Å². The van der Waals surface area contributed by atoms with Crippen LogP contribution in [0.1, 0.15) is 0 Å². The van der Waals surface area contributed by atoms with Gasteiger partial charge in [0, 0.05) is 26.4 Å². The first-order valence-electron chi connectivity index (χ1n) is 2.50. The van der Waals surface area contributed by atoms with Crippen molar-refractivity contribution in [2.75, 3.05) is 14.1 Å². The van der Waals surface area contributed by atoms with Crippen molar-refractivity contribution in [3.63, 3.8) is 0 Å². The van der Waals surface area contributed by atoms with Gasteiger partial charge in [0.2, 0.25) is 5.78 Å². The van der Waals surface area contributed by atoms with Gasteiger partial charge in [0.05, 0.1) is 0 Å². The molecule has 3 heteroatoms. The molecule has 0 aromatic heterocycles. The third kappa shape index (κ3) is 4.74. The molecule has 0 amide bonds. The molecule has 0 rings (SSSR count). The number of carbonyl (C=O) groups excluding carboxylic acids is 2.